The van der Waals surface area contributed by atoms with E-state index < -0.39 is 5.97 Å². The Labute approximate surface area is 128 Å². The maximum atomic E-state index is 10.8. The second kappa shape index (κ2) is 6.89. The summed E-state index contributed by atoms with van der Waals surface area (Å²) in [4.78, 5) is 15.2. The molecular formula is C14H22N2O2S2. The number of aromatic nitrogens is 2. The van der Waals surface area contributed by atoms with E-state index in [1.807, 2.05) is 18.0 Å². The number of aliphatic carboxylic acids is 1. The molecule has 2 rings (SSSR count). The number of aryl methyl sites for hydroxylation is 1. The van der Waals surface area contributed by atoms with Gasteiger partial charge in [-0.1, -0.05) is 31.5 Å². The fraction of sp³-hybridized carbons (Fsp3) is 0.714. The first-order chi connectivity index (χ1) is 9.60. The van der Waals surface area contributed by atoms with Crippen molar-refractivity contribution in [2.24, 2.45) is 0 Å². The summed E-state index contributed by atoms with van der Waals surface area (Å²) in [6.07, 6.45) is 10.1. The molecular weight excluding hydrogens is 292 g/mol. The molecule has 0 aliphatic heterocycles. The molecule has 0 radical (unpaired) electrons. The highest BCUT2D eigenvalue weighted by Crippen LogP contribution is 2.42. The van der Waals surface area contributed by atoms with Crippen molar-refractivity contribution in [3.05, 3.63) is 11.9 Å². The first-order valence-corrected chi connectivity index (χ1v) is 9.25. The summed E-state index contributed by atoms with van der Waals surface area (Å²) in [5, 5.41) is 9.70. The quantitative estimate of drug-likeness (QED) is 0.783. The van der Waals surface area contributed by atoms with E-state index in [4.69, 9.17) is 5.11 Å². The van der Waals surface area contributed by atoms with Crippen molar-refractivity contribution in [1.29, 1.82) is 0 Å². The third kappa shape index (κ3) is 3.52. The highest BCUT2D eigenvalue weighted by Gasteiger charge is 2.34. The Hall–Kier alpha value is -0.620. The zero-order chi connectivity index (χ0) is 14.6. The highest BCUT2D eigenvalue weighted by atomic mass is 32.2. The Balaban J connectivity index is 2.19. The van der Waals surface area contributed by atoms with Crippen LogP contribution in [0.3, 0.4) is 0 Å². The van der Waals surface area contributed by atoms with Gasteiger partial charge < -0.3 is 9.67 Å². The van der Waals surface area contributed by atoms with Crippen LogP contribution in [0.25, 0.3) is 0 Å². The van der Waals surface area contributed by atoms with Crippen molar-refractivity contribution >= 4 is 29.5 Å². The average Bonchev–Trinajstić information content (AvgIpc) is 3.04. The van der Waals surface area contributed by atoms with Gasteiger partial charge in [-0.15, -0.1) is 0 Å². The molecule has 1 heterocycles. The fourth-order valence-electron chi connectivity index (χ4n) is 2.82. The van der Waals surface area contributed by atoms with Gasteiger partial charge in [0.1, 0.15) is 0 Å². The number of thioether (sulfide) groups is 2. The van der Waals surface area contributed by atoms with E-state index in [1.165, 1.54) is 43.1 Å². The third-order valence-corrected chi connectivity index (χ3v) is 6.36. The number of hydrogen-bond acceptors (Lipinski definition) is 4. The van der Waals surface area contributed by atoms with Crippen LogP contribution in [0.4, 0.5) is 0 Å². The Morgan fingerprint density at radius 3 is 2.75 bits per heavy atom. The summed E-state index contributed by atoms with van der Waals surface area (Å²) < 4.78 is 2.55. The van der Waals surface area contributed by atoms with Gasteiger partial charge in [0.25, 0.3) is 0 Å². The van der Waals surface area contributed by atoms with Crippen LogP contribution >= 0.6 is 23.5 Å². The molecule has 1 fully saturated rings. The molecule has 1 aromatic rings. The highest BCUT2D eigenvalue weighted by molar-refractivity contribution is 8.00. The summed E-state index contributed by atoms with van der Waals surface area (Å²) in [5.74, 6) is -0.713. The molecule has 0 bridgehead atoms. The largest absolute Gasteiger partial charge is 0.481 e. The number of carbonyl (C=O) groups is 1. The number of imidazole rings is 1. The fourth-order valence-corrected chi connectivity index (χ4v) is 4.49. The minimum Gasteiger partial charge on any atom is -0.481 e. The number of carboxylic acids is 1. The van der Waals surface area contributed by atoms with Crippen molar-refractivity contribution in [1.82, 2.24) is 9.55 Å². The zero-order valence-electron chi connectivity index (χ0n) is 12.1. The van der Waals surface area contributed by atoms with E-state index in [2.05, 4.69) is 22.7 Å². The number of rotatable bonds is 7. The van der Waals surface area contributed by atoms with Gasteiger partial charge in [-0.05, 0) is 25.5 Å². The lowest BCUT2D eigenvalue weighted by Gasteiger charge is -2.28. The van der Waals surface area contributed by atoms with Crippen LogP contribution in [0.15, 0.2) is 11.4 Å². The normalized spacial score (nSPS) is 17.5. The SMILES string of the molecule is CCc1cnc(SCC(=O)O)n1CC1(SC)CCCC1. The molecule has 6 heteroatoms. The molecule has 1 aliphatic rings. The summed E-state index contributed by atoms with van der Waals surface area (Å²) in [6.45, 7) is 3.08. The summed E-state index contributed by atoms with van der Waals surface area (Å²) in [7, 11) is 0. The Morgan fingerprint density at radius 1 is 1.50 bits per heavy atom. The Bertz CT molecular complexity index is 468. The molecule has 0 amide bonds. The topological polar surface area (TPSA) is 55.1 Å². The minimum absolute atomic E-state index is 0.0758. The number of carboxylic acid groups (broad SMARTS) is 1. The van der Waals surface area contributed by atoms with Gasteiger partial charge in [-0.3, -0.25) is 4.79 Å². The maximum absolute atomic E-state index is 10.8. The van der Waals surface area contributed by atoms with Gasteiger partial charge >= 0.3 is 5.97 Å². The van der Waals surface area contributed by atoms with Crippen molar-refractivity contribution in [3.63, 3.8) is 0 Å². The predicted molar refractivity (Wildman–Crippen MR) is 84.7 cm³/mol. The molecule has 0 aromatic carbocycles. The molecule has 0 saturated heterocycles. The second-order valence-corrected chi connectivity index (χ2v) is 7.47. The summed E-state index contributed by atoms with van der Waals surface area (Å²) in [6, 6.07) is 0. The van der Waals surface area contributed by atoms with Crippen LogP contribution in [0.2, 0.25) is 0 Å². The van der Waals surface area contributed by atoms with Gasteiger partial charge in [0.2, 0.25) is 0 Å². The Kier molecular flexibility index (Phi) is 5.43. The van der Waals surface area contributed by atoms with E-state index in [0.29, 0.717) is 4.75 Å². The van der Waals surface area contributed by atoms with Crippen LogP contribution in [0.5, 0.6) is 0 Å². The van der Waals surface area contributed by atoms with Crippen LogP contribution < -0.4 is 0 Å². The van der Waals surface area contributed by atoms with Crippen LogP contribution in [0, 0.1) is 0 Å². The van der Waals surface area contributed by atoms with Crippen LogP contribution in [0.1, 0.15) is 38.3 Å². The summed E-state index contributed by atoms with van der Waals surface area (Å²) in [5.41, 5.74) is 1.21. The predicted octanol–water partition coefficient (Wildman–Crippen LogP) is 3.30. The second-order valence-electron chi connectivity index (χ2n) is 5.25. The first kappa shape index (κ1) is 15.8. The van der Waals surface area contributed by atoms with Gasteiger partial charge in [0.05, 0.1) is 5.75 Å². The lowest BCUT2D eigenvalue weighted by atomic mass is 10.1. The molecule has 112 valence electrons. The number of nitrogens with zero attached hydrogens (tertiary/aromatic N) is 2. The molecule has 1 aliphatic carbocycles. The molecule has 1 aromatic heterocycles. The van der Waals surface area contributed by atoms with Crippen molar-refractivity contribution in [2.45, 2.75) is 55.5 Å². The van der Waals surface area contributed by atoms with Crippen molar-refractivity contribution in [3.8, 4) is 0 Å². The lowest BCUT2D eigenvalue weighted by molar-refractivity contribution is -0.133. The standard InChI is InChI=1S/C14H22N2O2S2/c1-3-11-8-15-13(20-9-12(17)18)16(11)10-14(19-2)6-4-5-7-14/h8H,3-7,9-10H2,1-2H3,(H,17,18). The van der Waals surface area contributed by atoms with E-state index in [0.717, 1.165) is 18.1 Å². The maximum Gasteiger partial charge on any atom is 0.313 e. The van der Waals surface area contributed by atoms with Crippen molar-refractivity contribution in [2.75, 3.05) is 12.0 Å². The molecule has 20 heavy (non-hydrogen) atoms. The number of hydrogen-bond donors (Lipinski definition) is 1. The van der Waals surface area contributed by atoms with E-state index in [9.17, 15) is 4.79 Å². The lowest BCUT2D eigenvalue weighted by Crippen LogP contribution is -2.28. The van der Waals surface area contributed by atoms with E-state index in [1.54, 1.807) is 0 Å². The molecule has 0 spiro atoms. The zero-order valence-corrected chi connectivity index (χ0v) is 13.7. The average molecular weight is 314 g/mol. The van der Waals surface area contributed by atoms with Crippen molar-refractivity contribution < 1.29 is 9.90 Å². The van der Waals surface area contributed by atoms with Gasteiger partial charge in [-0.25, -0.2) is 4.98 Å². The molecule has 1 saturated carbocycles. The monoisotopic (exact) mass is 314 g/mol. The van der Waals surface area contributed by atoms with E-state index in [-0.39, 0.29) is 5.75 Å². The van der Waals surface area contributed by atoms with Crippen LogP contribution in [-0.4, -0.2) is 37.4 Å². The molecule has 1 N–H and O–H groups in total. The van der Waals surface area contributed by atoms with Gasteiger partial charge in [-0.2, -0.15) is 11.8 Å². The molecule has 4 nitrogen and oxygen atoms in total. The first-order valence-electron chi connectivity index (χ1n) is 7.04. The molecule has 0 atom stereocenters. The minimum atomic E-state index is -0.789. The van der Waals surface area contributed by atoms with Gasteiger partial charge in [0.15, 0.2) is 5.16 Å². The third-order valence-electron chi connectivity index (χ3n) is 3.98. The summed E-state index contributed by atoms with van der Waals surface area (Å²) >= 11 is 3.28. The van der Waals surface area contributed by atoms with Crippen LogP contribution in [-0.2, 0) is 17.8 Å². The van der Waals surface area contributed by atoms with E-state index >= 15 is 0 Å². The van der Waals surface area contributed by atoms with Gasteiger partial charge in [0, 0.05) is 23.2 Å². The smallest absolute Gasteiger partial charge is 0.313 e. The molecule has 0 unspecified atom stereocenters. The Morgan fingerprint density at radius 2 is 2.20 bits per heavy atom.